The van der Waals surface area contributed by atoms with Crippen LogP contribution in [0.4, 0.5) is 5.82 Å². The van der Waals surface area contributed by atoms with Crippen LogP contribution in [0.2, 0.25) is 0 Å². The van der Waals surface area contributed by atoms with Crippen molar-refractivity contribution in [1.29, 1.82) is 0 Å². The Morgan fingerprint density at radius 2 is 2.04 bits per heavy atom. The van der Waals surface area contributed by atoms with Gasteiger partial charge in [0.25, 0.3) is 0 Å². The van der Waals surface area contributed by atoms with Crippen LogP contribution < -0.4 is 9.64 Å². The van der Waals surface area contributed by atoms with E-state index in [0.29, 0.717) is 19.6 Å². The van der Waals surface area contributed by atoms with Crippen LogP contribution in [0, 0.1) is 0 Å². The number of amides is 1. The largest absolute Gasteiger partial charge is 0.497 e. The summed E-state index contributed by atoms with van der Waals surface area (Å²) in [7, 11) is 1.66. The van der Waals surface area contributed by atoms with Crippen LogP contribution in [0.1, 0.15) is 29.7 Å². The van der Waals surface area contributed by atoms with E-state index in [0.717, 1.165) is 42.2 Å². The molecule has 1 aliphatic carbocycles. The molecule has 1 amide bonds. The number of hydrogen-bond acceptors (Lipinski definition) is 5. The first-order valence-electron chi connectivity index (χ1n) is 9.23. The highest BCUT2D eigenvalue weighted by molar-refractivity contribution is 5.82. The number of nitrogens with zero attached hydrogens (tertiary/aromatic N) is 4. The first-order valence-corrected chi connectivity index (χ1v) is 9.23. The summed E-state index contributed by atoms with van der Waals surface area (Å²) in [6, 6.07) is 7.90. The van der Waals surface area contributed by atoms with Gasteiger partial charge in [0.1, 0.15) is 17.9 Å². The number of methoxy groups -OCH3 is 1. The molecule has 0 bridgehead atoms. The lowest BCUT2D eigenvalue weighted by Gasteiger charge is -2.36. The number of benzene rings is 1. The molecular formula is C20H24N4O2. The van der Waals surface area contributed by atoms with E-state index in [1.807, 2.05) is 29.2 Å². The highest BCUT2D eigenvalue weighted by atomic mass is 16.5. The normalized spacial score (nSPS) is 17.2. The predicted octanol–water partition coefficient (Wildman–Crippen LogP) is 2.21. The van der Waals surface area contributed by atoms with Gasteiger partial charge in [-0.2, -0.15) is 0 Å². The Labute approximate surface area is 153 Å². The van der Waals surface area contributed by atoms with Gasteiger partial charge in [0, 0.05) is 30.9 Å². The quantitative estimate of drug-likeness (QED) is 0.844. The van der Waals surface area contributed by atoms with Crippen LogP contribution in [0.3, 0.4) is 0 Å². The van der Waals surface area contributed by atoms with Gasteiger partial charge in [0.05, 0.1) is 13.7 Å². The van der Waals surface area contributed by atoms with Gasteiger partial charge < -0.3 is 14.5 Å². The van der Waals surface area contributed by atoms with Crippen LogP contribution in [-0.4, -0.2) is 47.5 Å². The first kappa shape index (κ1) is 16.8. The fraction of sp³-hybridized carbons (Fsp3) is 0.450. The maximum Gasteiger partial charge on any atom is 0.242 e. The molecule has 26 heavy (non-hydrogen) atoms. The molecule has 0 saturated carbocycles. The van der Waals surface area contributed by atoms with Gasteiger partial charge in [-0.3, -0.25) is 4.79 Å². The zero-order valence-corrected chi connectivity index (χ0v) is 15.1. The molecule has 2 aromatic rings. The summed E-state index contributed by atoms with van der Waals surface area (Å²) in [4.78, 5) is 25.7. The van der Waals surface area contributed by atoms with Crippen molar-refractivity contribution in [2.45, 2.75) is 32.2 Å². The van der Waals surface area contributed by atoms with Crippen molar-refractivity contribution >= 4 is 11.7 Å². The minimum Gasteiger partial charge on any atom is -0.497 e. The summed E-state index contributed by atoms with van der Waals surface area (Å²) in [6.45, 7) is 2.51. The third kappa shape index (κ3) is 3.36. The van der Waals surface area contributed by atoms with Crippen molar-refractivity contribution in [3.05, 3.63) is 47.4 Å². The van der Waals surface area contributed by atoms with Crippen molar-refractivity contribution in [2.24, 2.45) is 0 Å². The average molecular weight is 352 g/mol. The SMILES string of the molecule is COc1cccc(CN2CCN(c3ncnc4c3CCCC4)CC2=O)c1. The van der Waals surface area contributed by atoms with E-state index in [2.05, 4.69) is 14.9 Å². The molecule has 1 saturated heterocycles. The average Bonchev–Trinajstić information content (AvgIpc) is 2.69. The maximum atomic E-state index is 12.7. The Morgan fingerprint density at radius 1 is 1.15 bits per heavy atom. The highest BCUT2D eigenvalue weighted by Crippen LogP contribution is 2.28. The third-order valence-corrected chi connectivity index (χ3v) is 5.23. The number of fused-ring (bicyclic) bond motifs is 1. The summed E-state index contributed by atoms with van der Waals surface area (Å²) >= 11 is 0. The minimum absolute atomic E-state index is 0.141. The monoisotopic (exact) mass is 352 g/mol. The Kier molecular flexibility index (Phi) is 4.73. The molecule has 0 atom stereocenters. The molecule has 0 unspecified atom stereocenters. The number of aryl methyl sites for hydroxylation is 1. The van der Waals surface area contributed by atoms with Gasteiger partial charge >= 0.3 is 0 Å². The Hall–Kier alpha value is -2.63. The van der Waals surface area contributed by atoms with Gasteiger partial charge in [-0.15, -0.1) is 0 Å². The number of ether oxygens (including phenoxy) is 1. The molecule has 0 N–H and O–H groups in total. The molecule has 4 rings (SSSR count). The number of piperazine rings is 1. The fourth-order valence-electron chi connectivity index (χ4n) is 3.82. The van der Waals surface area contributed by atoms with Gasteiger partial charge in [0.15, 0.2) is 0 Å². The molecule has 0 spiro atoms. The highest BCUT2D eigenvalue weighted by Gasteiger charge is 2.27. The summed E-state index contributed by atoms with van der Waals surface area (Å²) in [5.41, 5.74) is 3.49. The van der Waals surface area contributed by atoms with Gasteiger partial charge in [-0.05, 0) is 43.4 Å². The number of carbonyl (C=O) groups excluding carboxylic acids is 1. The lowest BCUT2D eigenvalue weighted by molar-refractivity contribution is -0.131. The molecule has 6 heteroatoms. The number of anilines is 1. The second kappa shape index (κ2) is 7.32. The van der Waals surface area contributed by atoms with Crippen LogP contribution in [-0.2, 0) is 24.2 Å². The van der Waals surface area contributed by atoms with Crippen LogP contribution in [0.25, 0.3) is 0 Å². The first-order chi connectivity index (χ1) is 12.7. The summed E-state index contributed by atoms with van der Waals surface area (Å²) in [5.74, 6) is 1.92. The molecule has 2 aliphatic rings. The molecular weight excluding hydrogens is 328 g/mol. The van der Waals surface area contributed by atoms with E-state index in [1.165, 1.54) is 18.4 Å². The van der Waals surface area contributed by atoms with Gasteiger partial charge in [0.2, 0.25) is 5.91 Å². The van der Waals surface area contributed by atoms with Gasteiger partial charge in [-0.25, -0.2) is 9.97 Å². The lowest BCUT2D eigenvalue weighted by Crippen LogP contribution is -2.50. The molecule has 1 aromatic heterocycles. The molecule has 1 fully saturated rings. The van der Waals surface area contributed by atoms with E-state index >= 15 is 0 Å². The van der Waals surface area contributed by atoms with E-state index in [9.17, 15) is 4.79 Å². The maximum absolute atomic E-state index is 12.7. The van der Waals surface area contributed by atoms with Crippen molar-refractivity contribution < 1.29 is 9.53 Å². The van der Waals surface area contributed by atoms with Crippen LogP contribution in [0.5, 0.6) is 5.75 Å². The second-order valence-corrected chi connectivity index (χ2v) is 6.92. The number of hydrogen-bond donors (Lipinski definition) is 0. The van der Waals surface area contributed by atoms with Crippen molar-refractivity contribution in [3.8, 4) is 5.75 Å². The molecule has 1 aromatic carbocycles. The molecule has 0 radical (unpaired) electrons. The van der Waals surface area contributed by atoms with Crippen LogP contribution >= 0.6 is 0 Å². The minimum atomic E-state index is 0.141. The third-order valence-electron chi connectivity index (χ3n) is 5.23. The lowest BCUT2D eigenvalue weighted by atomic mass is 9.96. The standard InChI is InChI=1S/C20H24N4O2/c1-26-16-6-4-5-15(11-16)12-23-9-10-24(13-19(23)25)20-17-7-2-3-8-18(17)21-14-22-20/h4-6,11,14H,2-3,7-10,12-13H2,1H3. The van der Waals surface area contributed by atoms with Crippen molar-refractivity contribution in [2.75, 3.05) is 31.6 Å². The Morgan fingerprint density at radius 3 is 2.88 bits per heavy atom. The van der Waals surface area contributed by atoms with Gasteiger partial charge in [-0.1, -0.05) is 12.1 Å². The number of rotatable bonds is 4. The van der Waals surface area contributed by atoms with E-state index < -0.39 is 0 Å². The van der Waals surface area contributed by atoms with E-state index in [1.54, 1.807) is 13.4 Å². The Balaban J connectivity index is 1.46. The molecule has 6 nitrogen and oxygen atoms in total. The fourth-order valence-corrected chi connectivity index (χ4v) is 3.82. The van der Waals surface area contributed by atoms with Crippen molar-refractivity contribution in [3.63, 3.8) is 0 Å². The summed E-state index contributed by atoms with van der Waals surface area (Å²) in [6.07, 6.45) is 6.05. The molecule has 1 aliphatic heterocycles. The van der Waals surface area contributed by atoms with E-state index in [-0.39, 0.29) is 5.91 Å². The summed E-state index contributed by atoms with van der Waals surface area (Å²) < 4.78 is 5.27. The summed E-state index contributed by atoms with van der Waals surface area (Å²) in [5, 5.41) is 0. The number of carbonyl (C=O) groups is 1. The van der Waals surface area contributed by atoms with E-state index in [4.69, 9.17) is 4.74 Å². The number of aromatic nitrogens is 2. The second-order valence-electron chi connectivity index (χ2n) is 6.92. The molecule has 2 heterocycles. The topological polar surface area (TPSA) is 58.6 Å². The molecule has 136 valence electrons. The van der Waals surface area contributed by atoms with Crippen molar-refractivity contribution in [1.82, 2.24) is 14.9 Å². The smallest absolute Gasteiger partial charge is 0.242 e. The zero-order valence-electron chi connectivity index (χ0n) is 15.1. The zero-order chi connectivity index (χ0) is 17.9. The van der Waals surface area contributed by atoms with Crippen LogP contribution in [0.15, 0.2) is 30.6 Å². The Bertz CT molecular complexity index is 808. The predicted molar refractivity (Wildman–Crippen MR) is 99.3 cm³/mol.